The average molecular weight is 242 g/mol. The van der Waals surface area contributed by atoms with Gasteiger partial charge in [0, 0.05) is 18.1 Å². The van der Waals surface area contributed by atoms with Gasteiger partial charge in [0.1, 0.15) is 11.6 Å². The summed E-state index contributed by atoms with van der Waals surface area (Å²) in [5.74, 6) is 2.79. The molecule has 0 aliphatic heterocycles. The Bertz CT molecular complexity index is 549. The average Bonchev–Trinajstić information content (AvgIpc) is 3.22. The van der Waals surface area contributed by atoms with Crippen LogP contribution in [0.1, 0.15) is 19.3 Å². The topological polar surface area (TPSA) is 34.1 Å². The molecule has 2 aromatic rings. The van der Waals surface area contributed by atoms with Crippen LogP contribution in [-0.2, 0) is 0 Å². The van der Waals surface area contributed by atoms with Gasteiger partial charge in [0.2, 0.25) is 0 Å². The number of nitrogens with zero attached hydrogens (tertiary/aromatic N) is 1. The van der Waals surface area contributed by atoms with Gasteiger partial charge >= 0.3 is 0 Å². The summed E-state index contributed by atoms with van der Waals surface area (Å²) in [6, 6.07) is 8.13. The third-order valence-electron chi connectivity index (χ3n) is 3.52. The Kier molecular flexibility index (Phi) is 3.05. The van der Waals surface area contributed by atoms with Crippen LogP contribution in [0.15, 0.2) is 30.5 Å². The van der Waals surface area contributed by atoms with E-state index in [-0.39, 0.29) is 0 Å². The summed E-state index contributed by atoms with van der Waals surface area (Å²) in [5.41, 5.74) is 0. The lowest BCUT2D eigenvalue weighted by Gasteiger charge is -2.09. The third kappa shape index (κ3) is 2.40. The monoisotopic (exact) mass is 242 g/mol. The highest BCUT2D eigenvalue weighted by molar-refractivity contribution is 5.92. The Balaban J connectivity index is 1.83. The molecule has 1 fully saturated rings. The van der Waals surface area contributed by atoms with Crippen LogP contribution in [0, 0.1) is 5.92 Å². The van der Waals surface area contributed by atoms with Gasteiger partial charge in [0.15, 0.2) is 0 Å². The summed E-state index contributed by atoms with van der Waals surface area (Å²) in [5, 5.41) is 5.77. The Hall–Kier alpha value is -1.77. The van der Waals surface area contributed by atoms with Crippen molar-refractivity contribution in [2.75, 3.05) is 19.0 Å². The maximum absolute atomic E-state index is 5.27. The van der Waals surface area contributed by atoms with Crippen LogP contribution in [0.4, 0.5) is 5.82 Å². The highest BCUT2D eigenvalue weighted by Crippen LogP contribution is 2.32. The molecule has 3 rings (SSSR count). The second-order valence-electron chi connectivity index (χ2n) is 4.91. The molecule has 94 valence electrons. The first kappa shape index (κ1) is 11.3. The van der Waals surface area contributed by atoms with Gasteiger partial charge < -0.3 is 10.1 Å². The van der Waals surface area contributed by atoms with E-state index in [1.54, 1.807) is 7.11 Å². The van der Waals surface area contributed by atoms with Crippen LogP contribution < -0.4 is 10.1 Å². The van der Waals surface area contributed by atoms with Crippen molar-refractivity contribution in [2.45, 2.75) is 19.3 Å². The van der Waals surface area contributed by atoms with Crippen LogP contribution in [0.3, 0.4) is 0 Å². The molecule has 0 amide bonds. The van der Waals surface area contributed by atoms with Crippen molar-refractivity contribution in [1.82, 2.24) is 4.98 Å². The molecule has 0 spiro atoms. The van der Waals surface area contributed by atoms with Crippen molar-refractivity contribution in [3.8, 4) is 5.75 Å². The van der Waals surface area contributed by atoms with Crippen molar-refractivity contribution < 1.29 is 4.74 Å². The van der Waals surface area contributed by atoms with Crippen LogP contribution in [0.5, 0.6) is 5.75 Å². The molecular formula is C15H18N2O. The maximum Gasteiger partial charge on any atom is 0.133 e. The molecule has 0 bridgehead atoms. The van der Waals surface area contributed by atoms with E-state index in [9.17, 15) is 0 Å². The molecule has 0 radical (unpaired) electrons. The lowest BCUT2D eigenvalue weighted by molar-refractivity contribution is 0.415. The molecule has 0 unspecified atom stereocenters. The zero-order valence-corrected chi connectivity index (χ0v) is 10.6. The summed E-state index contributed by atoms with van der Waals surface area (Å²) in [6.45, 7) is 1.01. The number of benzene rings is 1. The SMILES string of the molecule is COc1ccc2ccnc(NCCC3CC3)c2c1. The van der Waals surface area contributed by atoms with E-state index in [1.807, 2.05) is 24.4 Å². The molecule has 0 saturated heterocycles. The Morgan fingerprint density at radius 2 is 2.22 bits per heavy atom. The molecule has 1 N–H and O–H groups in total. The zero-order valence-electron chi connectivity index (χ0n) is 10.6. The zero-order chi connectivity index (χ0) is 12.4. The third-order valence-corrected chi connectivity index (χ3v) is 3.52. The quantitative estimate of drug-likeness (QED) is 0.872. The second kappa shape index (κ2) is 4.84. The van der Waals surface area contributed by atoms with Gasteiger partial charge in [-0.1, -0.05) is 18.9 Å². The lowest BCUT2D eigenvalue weighted by Crippen LogP contribution is -2.04. The van der Waals surface area contributed by atoms with Crippen LogP contribution in [0.25, 0.3) is 10.8 Å². The molecule has 0 atom stereocenters. The van der Waals surface area contributed by atoms with E-state index in [0.717, 1.165) is 29.4 Å². The molecule has 1 aromatic heterocycles. The fourth-order valence-electron chi connectivity index (χ4n) is 2.22. The Morgan fingerprint density at radius 1 is 1.33 bits per heavy atom. The highest BCUT2D eigenvalue weighted by atomic mass is 16.5. The first-order valence-electron chi connectivity index (χ1n) is 6.53. The molecule has 1 heterocycles. The normalized spacial score (nSPS) is 14.7. The van der Waals surface area contributed by atoms with Crippen LogP contribution in [0.2, 0.25) is 0 Å². The summed E-state index contributed by atoms with van der Waals surface area (Å²) in [4.78, 5) is 4.43. The van der Waals surface area contributed by atoms with Crippen molar-refractivity contribution in [1.29, 1.82) is 0 Å². The van der Waals surface area contributed by atoms with E-state index in [1.165, 1.54) is 24.6 Å². The van der Waals surface area contributed by atoms with Gasteiger partial charge in [0.05, 0.1) is 7.11 Å². The number of methoxy groups -OCH3 is 1. The summed E-state index contributed by atoms with van der Waals surface area (Å²) in [6.07, 6.45) is 5.91. The maximum atomic E-state index is 5.27. The van der Waals surface area contributed by atoms with Crippen molar-refractivity contribution in [2.24, 2.45) is 5.92 Å². The van der Waals surface area contributed by atoms with Gasteiger partial charge in [-0.25, -0.2) is 4.98 Å². The molecule has 18 heavy (non-hydrogen) atoms. The van der Waals surface area contributed by atoms with Gasteiger partial charge in [-0.3, -0.25) is 0 Å². The fourth-order valence-corrected chi connectivity index (χ4v) is 2.22. The number of pyridine rings is 1. The predicted molar refractivity (Wildman–Crippen MR) is 74.1 cm³/mol. The van der Waals surface area contributed by atoms with Crippen molar-refractivity contribution in [3.63, 3.8) is 0 Å². The first-order chi connectivity index (χ1) is 8.86. The molecule has 3 heteroatoms. The number of ether oxygens (including phenoxy) is 1. The van der Waals surface area contributed by atoms with E-state index < -0.39 is 0 Å². The molecule has 1 aliphatic carbocycles. The van der Waals surface area contributed by atoms with Crippen LogP contribution in [-0.4, -0.2) is 18.6 Å². The lowest BCUT2D eigenvalue weighted by atomic mass is 10.1. The molecule has 3 nitrogen and oxygen atoms in total. The fraction of sp³-hybridized carbons (Fsp3) is 0.400. The summed E-state index contributed by atoms with van der Waals surface area (Å²) in [7, 11) is 1.69. The number of nitrogens with one attached hydrogen (secondary N) is 1. The predicted octanol–water partition coefficient (Wildman–Crippen LogP) is 3.46. The number of hydrogen-bond donors (Lipinski definition) is 1. The van der Waals surface area contributed by atoms with E-state index >= 15 is 0 Å². The first-order valence-corrected chi connectivity index (χ1v) is 6.53. The number of hydrogen-bond acceptors (Lipinski definition) is 3. The highest BCUT2D eigenvalue weighted by Gasteiger charge is 2.20. The van der Waals surface area contributed by atoms with Gasteiger partial charge in [-0.05, 0) is 35.9 Å². The van der Waals surface area contributed by atoms with E-state index in [0.29, 0.717) is 0 Å². The molecule has 1 saturated carbocycles. The molecular weight excluding hydrogens is 224 g/mol. The largest absolute Gasteiger partial charge is 0.497 e. The summed E-state index contributed by atoms with van der Waals surface area (Å²) >= 11 is 0. The van der Waals surface area contributed by atoms with E-state index in [2.05, 4.69) is 16.4 Å². The van der Waals surface area contributed by atoms with Gasteiger partial charge in [-0.15, -0.1) is 0 Å². The Labute approximate surface area is 107 Å². The standard InChI is InChI=1S/C15H18N2O/c1-18-13-5-4-12-7-9-17-15(14(12)10-13)16-8-6-11-2-3-11/h4-5,7,9-11H,2-3,6,8H2,1H3,(H,16,17). The van der Waals surface area contributed by atoms with Crippen molar-refractivity contribution in [3.05, 3.63) is 30.5 Å². The second-order valence-corrected chi connectivity index (χ2v) is 4.91. The number of fused-ring (bicyclic) bond motifs is 1. The van der Waals surface area contributed by atoms with Crippen LogP contribution >= 0.6 is 0 Å². The minimum absolute atomic E-state index is 0.876. The smallest absolute Gasteiger partial charge is 0.133 e. The Morgan fingerprint density at radius 3 is 3.00 bits per heavy atom. The minimum atomic E-state index is 0.876. The number of aromatic nitrogens is 1. The van der Waals surface area contributed by atoms with Gasteiger partial charge in [0.25, 0.3) is 0 Å². The van der Waals surface area contributed by atoms with Crippen molar-refractivity contribution >= 4 is 16.6 Å². The van der Waals surface area contributed by atoms with E-state index in [4.69, 9.17) is 4.74 Å². The van der Waals surface area contributed by atoms with Gasteiger partial charge in [-0.2, -0.15) is 0 Å². The summed E-state index contributed by atoms with van der Waals surface area (Å²) < 4.78 is 5.27. The molecule has 1 aromatic carbocycles. The number of anilines is 1. The molecule has 1 aliphatic rings. The number of rotatable bonds is 5. The minimum Gasteiger partial charge on any atom is -0.497 e.